The summed E-state index contributed by atoms with van der Waals surface area (Å²) >= 11 is 0. The molecule has 0 bridgehead atoms. The number of nitrogens with zero attached hydrogens (tertiary/aromatic N) is 1. The van der Waals surface area contributed by atoms with Crippen LogP contribution in [0.15, 0.2) is 21.8 Å². The minimum atomic E-state index is -0.603. The van der Waals surface area contributed by atoms with Gasteiger partial charge in [0.15, 0.2) is 0 Å². The first-order chi connectivity index (χ1) is 13.7. The number of anilines is 1. The molecule has 0 unspecified atom stereocenters. The van der Waals surface area contributed by atoms with Gasteiger partial charge >= 0.3 is 5.97 Å². The van der Waals surface area contributed by atoms with E-state index in [9.17, 15) is 19.2 Å². The number of methoxy groups -OCH3 is 1. The van der Waals surface area contributed by atoms with Crippen molar-refractivity contribution in [2.45, 2.75) is 27.7 Å². The zero-order valence-corrected chi connectivity index (χ0v) is 16.8. The van der Waals surface area contributed by atoms with Crippen LogP contribution < -0.4 is 10.6 Å². The van der Waals surface area contributed by atoms with E-state index < -0.39 is 5.97 Å². The highest BCUT2D eigenvalue weighted by molar-refractivity contribution is 6.11. The minimum absolute atomic E-state index is 0.0555. The van der Waals surface area contributed by atoms with Crippen LogP contribution in [-0.4, -0.2) is 48.8 Å². The average molecular weight is 402 g/mol. The molecule has 154 valence electrons. The van der Waals surface area contributed by atoms with E-state index in [4.69, 9.17) is 9.47 Å². The van der Waals surface area contributed by atoms with Crippen LogP contribution in [0.25, 0.3) is 6.08 Å². The van der Waals surface area contributed by atoms with Crippen molar-refractivity contribution in [1.82, 2.24) is 10.3 Å². The number of amides is 2. The number of aromatic amines is 1. The van der Waals surface area contributed by atoms with Crippen molar-refractivity contribution in [1.29, 1.82) is 0 Å². The number of carbonyl (C=O) groups is 4. The maximum Gasteiger partial charge on any atom is 0.341 e. The maximum absolute atomic E-state index is 12.1. The second kappa shape index (κ2) is 9.00. The van der Waals surface area contributed by atoms with E-state index in [0.29, 0.717) is 34.6 Å². The Morgan fingerprint density at radius 3 is 2.34 bits per heavy atom. The molecule has 10 nitrogen and oxygen atoms in total. The highest BCUT2D eigenvalue weighted by atomic mass is 16.5. The molecule has 1 aromatic heterocycles. The third-order valence-electron chi connectivity index (χ3n) is 4.21. The summed E-state index contributed by atoms with van der Waals surface area (Å²) in [6.07, 6.45) is 1.66. The summed E-state index contributed by atoms with van der Waals surface area (Å²) in [4.78, 5) is 53.0. The molecule has 29 heavy (non-hydrogen) atoms. The molecule has 1 aromatic rings. The summed E-state index contributed by atoms with van der Waals surface area (Å²) in [6, 6.07) is 0. The SMILES string of the molecule is COC(=O)c1c(NC(C)=O)[nH]c(C=C2N=C(NC(C)=O)C(COC=O)=C2C)c1C. The second-order valence-electron chi connectivity index (χ2n) is 6.27. The highest BCUT2D eigenvalue weighted by Gasteiger charge is 2.25. The lowest BCUT2D eigenvalue weighted by Gasteiger charge is -2.06. The van der Waals surface area contributed by atoms with Gasteiger partial charge in [0.25, 0.3) is 6.47 Å². The van der Waals surface area contributed by atoms with Crippen LogP contribution in [0.4, 0.5) is 5.82 Å². The Hall–Kier alpha value is -3.69. The van der Waals surface area contributed by atoms with E-state index in [1.165, 1.54) is 21.0 Å². The predicted octanol–water partition coefficient (Wildman–Crippen LogP) is 1.45. The number of H-pyrrole nitrogens is 1. The Bertz CT molecular complexity index is 968. The highest BCUT2D eigenvalue weighted by Crippen LogP contribution is 2.30. The molecule has 0 radical (unpaired) electrons. The molecule has 2 heterocycles. The Morgan fingerprint density at radius 1 is 1.14 bits per heavy atom. The van der Waals surface area contributed by atoms with Gasteiger partial charge in [0.2, 0.25) is 11.8 Å². The largest absolute Gasteiger partial charge is 0.465 e. The van der Waals surface area contributed by atoms with Crippen LogP contribution in [0.1, 0.15) is 42.4 Å². The van der Waals surface area contributed by atoms with Crippen molar-refractivity contribution in [2.24, 2.45) is 4.99 Å². The molecular weight excluding hydrogens is 380 g/mol. The van der Waals surface area contributed by atoms with Gasteiger partial charge in [-0.2, -0.15) is 0 Å². The van der Waals surface area contributed by atoms with E-state index >= 15 is 0 Å². The standard InChI is InChI=1S/C19H22N4O6/c1-9-13(7-29-8-24)17(20-11(3)25)22-14(9)6-15-10(2)16(19(27)28-5)18(23-15)21-12(4)26/h6,8,23H,7H2,1-5H3,(H,21,26)(H,20,22,25). The molecule has 0 aliphatic carbocycles. The van der Waals surface area contributed by atoms with Crippen molar-refractivity contribution in [3.63, 3.8) is 0 Å². The molecule has 2 rings (SSSR count). The van der Waals surface area contributed by atoms with Crippen molar-refractivity contribution in [3.8, 4) is 0 Å². The van der Waals surface area contributed by atoms with Crippen molar-refractivity contribution >= 4 is 42.0 Å². The fourth-order valence-electron chi connectivity index (χ4n) is 2.83. The van der Waals surface area contributed by atoms with Gasteiger partial charge in [0.05, 0.1) is 12.8 Å². The number of esters is 1. The summed E-state index contributed by atoms with van der Waals surface area (Å²) in [5.41, 5.74) is 3.00. The maximum atomic E-state index is 12.1. The lowest BCUT2D eigenvalue weighted by molar-refractivity contribution is -0.127. The molecule has 0 atom stereocenters. The van der Waals surface area contributed by atoms with Crippen molar-refractivity contribution in [2.75, 3.05) is 19.0 Å². The molecule has 2 amide bonds. The van der Waals surface area contributed by atoms with Gasteiger partial charge in [-0.25, -0.2) is 9.79 Å². The monoisotopic (exact) mass is 402 g/mol. The van der Waals surface area contributed by atoms with Crippen LogP contribution in [-0.2, 0) is 23.9 Å². The molecule has 3 N–H and O–H groups in total. The summed E-state index contributed by atoms with van der Waals surface area (Å²) in [5.74, 6) is -0.787. The third kappa shape index (κ3) is 4.78. The number of aromatic nitrogens is 1. The summed E-state index contributed by atoms with van der Waals surface area (Å²) in [5, 5.41) is 5.18. The second-order valence-corrected chi connectivity index (χ2v) is 6.27. The van der Waals surface area contributed by atoms with Crippen LogP contribution >= 0.6 is 0 Å². The number of hydrogen-bond donors (Lipinski definition) is 3. The molecule has 0 fully saturated rings. The van der Waals surface area contributed by atoms with E-state index in [1.54, 1.807) is 19.9 Å². The van der Waals surface area contributed by atoms with E-state index in [0.717, 1.165) is 0 Å². The first-order valence-corrected chi connectivity index (χ1v) is 8.61. The molecular formula is C19H22N4O6. The third-order valence-corrected chi connectivity index (χ3v) is 4.21. The Kier molecular flexibility index (Phi) is 6.71. The molecule has 10 heteroatoms. The van der Waals surface area contributed by atoms with Gasteiger partial charge in [-0.3, -0.25) is 14.4 Å². The molecule has 0 spiro atoms. The normalized spacial score (nSPS) is 14.5. The number of amidine groups is 1. The van der Waals surface area contributed by atoms with E-state index in [1.807, 2.05) is 0 Å². The number of nitrogens with one attached hydrogen (secondary N) is 3. The van der Waals surface area contributed by atoms with E-state index in [-0.39, 0.29) is 35.6 Å². The van der Waals surface area contributed by atoms with Gasteiger partial charge in [0.1, 0.15) is 23.8 Å². The number of carbonyl (C=O) groups excluding carboxylic acids is 4. The fraction of sp³-hybridized carbons (Fsp3) is 0.316. The fourth-order valence-corrected chi connectivity index (χ4v) is 2.83. The smallest absolute Gasteiger partial charge is 0.341 e. The topological polar surface area (TPSA) is 139 Å². The number of ether oxygens (including phenoxy) is 2. The molecule has 0 saturated heterocycles. The van der Waals surface area contributed by atoms with Crippen LogP contribution in [0.3, 0.4) is 0 Å². The van der Waals surface area contributed by atoms with Crippen molar-refractivity contribution < 1.29 is 28.7 Å². The number of rotatable bonds is 6. The quantitative estimate of drug-likeness (QED) is 0.486. The molecule has 0 aromatic carbocycles. The van der Waals surface area contributed by atoms with Crippen molar-refractivity contribution in [3.05, 3.63) is 33.7 Å². The molecule has 1 aliphatic rings. The number of aliphatic imine (C=N–C) groups is 1. The van der Waals surface area contributed by atoms with Gasteiger partial charge in [-0.15, -0.1) is 0 Å². The van der Waals surface area contributed by atoms with Gasteiger partial charge in [0, 0.05) is 25.1 Å². The Labute approximate surface area is 167 Å². The average Bonchev–Trinajstić information content (AvgIpc) is 3.09. The summed E-state index contributed by atoms with van der Waals surface area (Å²) in [7, 11) is 1.25. The van der Waals surface area contributed by atoms with Gasteiger partial charge < -0.3 is 25.1 Å². The number of hydrogen-bond acceptors (Lipinski definition) is 7. The summed E-state index contributed by atoms with van der Waals surface area (Å²) in [6.45, 7) is 6.38. The van der Waals surface area contributed by atoms with Crippen LogP contribution in [0.5, 0.6) is 0 Å². The zero-order chi connectivity index (χ0) is 21.7. The number of allylic oxidation sites excluding steroid dienone is 1. The molecule has 1 aliphatic heterocycles. The summed E-state index contributed by atoms with van der Waals surface area (Å²) < 4.78 is 9.62. The molecule has 0 saturated carbocycles. The van der Waals surface area contributed by atoms with Crippen LogP contribution in [0.2, 0.25) is 0 Å². The van der Waals surface area contributed by atoms with E-state index in [2.05, 4.69) is 20.6 Å². The minimum Gasteiger partial charge on any atom is -0.465 e. The lowest BCUT2D eigenvalue weighted by Crippen LogP contribution is -2.30. The Balaban J connectivity index is 2.55. The predicted molar refractivity (Wildman–Crippen MR) is 105 cm³/mol. The zero-order valence-electron chi connectivity index (χ0n) is 16.8. The van der Waals surface area contributed by atoms with Crippen LogP contribution in [0, 0.1) is 6.92 Å². The first kappa shape index (κ1) is 21.6. The first-order valence-electron chi connectivity index (χ1n) is 8.61. The van der Waals surface area contributed by atoms with Gasteiger partial charge in [-0.1, -0.05) is 0 Å². The lowest BCUT2D eigenvalue weighted by atomic mass is 10.1. The Morgan fingerprint density at radius 2 is 1.79 bits per heavy atom. The van der Waals surface area contributed by atoms with Gasteiger partial charge in [-0.05, 0) is 31.1 Å².